The summed E-state index contributed by atoms with van der Waals surface area (Å²) in [5.74, 6) is -0.0335. The first kappa shape index (κ1) is 8.68. The first-order valence-corrected chi connectivity index (χ1v) is 4.10. The van der Waals surface area contributed by atoms with Crippen LogP contribution in [0.2, 0.25) is 0 Å². The van der Waals surface area contributed by atoms with Gasteiger partial charge in [-0.3, -0.25) is 0 Å². The van der Waals surface area contributed by atoms with Crippen molar-refractivity contribution in [2.24, 2.45) is 0 Å². The Labute approximate surface area is 80.2 Å². The van der Waals surface area contributed by atoms with Crippen molar-refractivity contribution in [1.82, 2.24) is 14.8 Å². The van der Waals surface area contributed by atoms with Gasteiger partial charge < -0.3 is 5.73 Å². The van der Waals surface area contributed by atoms with Gasteiger partial charge in [-0.05, 0) is 30.7 Å². The van der Waals surface area contributed by atoms with Gasteiger partial charge in [-0.15, -0.1) is 5.10 Å². The molecule has 4 nitrogen and oxygen atoms in total. The Morgan fingerprint density at radius 2 is 2.21 bits per heavy atom. The van der Waals surface area contributed by atoms with E-state index >= 15 is 0 Å². The Balaban J connectivity index is 2.47. The Bertz CT molecular complexity index is 464. The number of hydrogen-bond donors (Lipinski definition) is 1. The quantitative estimate of drug-likeness (QED) is 0.740. The van der Waals surface area contributed by atoms with Crippen LogP contribution in [0, 0.1) is 12.7 Å². The second-order valence-corrected chi connectivity index (χ2v) is 2.98. The fraction of sp³-hybridized carbons (Fsp3) is 0.111. The van der Waals surface area contributed by atoms with Gasteiger partial charge in [0.25, 0.3) is 0 Å². The van der Waals surface area contributed by atoms with E-state index in [4.69, 9.17) is 5.73 Å². The molecule has 2 rings (SSSR count). The van der Waals surface area contributed by atoms with Crippen LogP contribution in [0.1, 0.15) is 5.56 Å². The summed E-state index contributed by atoms with van der Waals surface area (Å²) in [6.45, 7) is 1.69. The lowest BCUT2D eigenvalue weighted by Crippen LogP contribution is -1.97. The highest BCUT2D eigenvalue weighted by Crippen LogP contribution is 2.12. The van der Waals surface area contributed by atoms with Crippen LogP contribution in [-0.4, -0.2) is 14.8 Å². The van der Waals surface area contributed by atoms with Gasteiger partial charge in [0.1, 0.15) is 12.1 Å². The normalized spacial score (nSPS) is 10.4. The van der Waals surface area contributed by atoms with E-state index in [0.717, 1.165) is 5.69 Å². The monoisotopic (exact) mass is 192 g/mol. The predicted octanol–water partition coefficient (Wildman–Crippen LogP) is 1.30. The Morgan fingerprint density at radius 3 is 2.79 bits per heavy atom. The third-order valence-corrected chi connectivity index (χ3v) is 1.92. The molecule has 0 amide bonds. The number of nitrogen functional groups attached to an aromatic ring is 1. The van der Waals surface area contributed by atoms with Crippen LogP contribution >= 0.6 is 0 Å². The molecule has 1 aromatic carbocycles. The highest BCUT2D eigenvalue weighted by atomic mass is 19.1. The highest BCUT2D eigenvalue weighted by molar-refractivity contribution is 5.35. The van der Waals surface area contributed by atoms with E-state index in [1.807, 2.05) is 0 Å². The van der Waals surface area contributed by atoms with Crippen LogP contribution in [0.15, 0.2) is 24.5 Å². The number of benzene rings is 1. The number of hydrogen-bond acceptors (Lipinski definition) is 3. The number of nitrogens with two attached hydrogens (primary N) is 1. The van der Waals surface area contributed by atoms with Gasteiger partial charge in [0, 0.05) is 0 Å². The van der Waals surface area contributed by atoms with E-state index in [2.05, 4.69) is 10.1 Å². The second-order valence-electron chi connectivity index (χ2n) is 2.98. The summed E-state index contributed by atoms with van der Waals surface area (Å²) < 4.78 is 14.5. The third-order valence-electron chi connectivity index (χ3n) is 1.92. The van der Waals surface area contributed by atoms with Crippen LogP contribution in [0.25, 0.3) is 5.69 Å². The molecule has 1 aromatic heterocycles. The molecule has 0 saturated heterocycles. The van der Waals surface area contributed by atoms with Gasteiger partial charge in [-0.25, -0.2) is 14.1 Å². The highest BCUT2D eigenvalue weighted by Gasteiger charge is 2.02. The zero-order valence-corrected chi connectivity index (χ0v) is 7.61. The van der Waals surface area contributed by atoms with Crippen LogP contribution < -0.4 is 5.73 Å². The van der Waals surface area contributed by atoms with Gasteiger partial charge in [-0.1, -0.05) is 0 Å². The number of nitrogens with zero attached hydrogens (tertiary/aromatic N) is 3. The molecule has 72 valence electrons. The molecular formula is C9H9FN4. The zero-order valence-electron chi connectivity index (χ0n) is 7.61. The van der Waals surface area contributed by atoms with E-state index in [1.165, 1.54) is 17.1 Å². The molecule has 0 spiro atoms. The van der Waals surface area contributed by atoms with E-state index in [1.54, 1.807) is 19.1 Å². The molecule has 0 aliphatic rings. The van der Waals surface area contributed by atoms with Gasteiger partial charge >= 0.3 is 0 Å². The van der Waals surface area contributed by atoms with Gasteiger partial charge in [0.2, 0.25) is 5.95 Å². The summed E-state index contributed by atoms with van der Waals surface area (Å²) in [4.78, 5) is 3.78. The third kappa shape index (κ3) is 1.44. The van der Waals surface area contributed by atoms with E-state index < -0.39 is 0 Å². The van der Waals surface area contributed by atoms with Crippen molar-refractivity contribution in [3.63, 3.8) is 0 Å². The van der Waals surface area contributed by atoms with Crippen molar-refractivity contribution < 1.29 is 4.39 Å². The van der Waals surface area contributed by atoms with Crippen molar-refractivity contribution >= 4 is 5.95 Å². The molecule has 0 fully saturated rings. The average molecular weight is 192 g/mol. The smallest absolute Gasteiger partial charge is 0.239 e. The van der Waals surface area contributed by atoms with Gasteiger partial charge in [0.15, 0.2) is 0 Å². The van der Waals surface area contributed by atoms with Crippen molar-refractivity contribution in [2.75, 3.05) is 5.73 Å². The maximum absolute atomic E-state index is 12.9. The van der Waals surface area contributed by atoms with Crippen molar-refractivity contribution in [1.29, 1.82) is 0 Å². The molecule has 0 unspecified atom stereocenters. The standard InChI is InChI=1S/C9H9FN4/c1-6-4-7(2-3-8(6)10)14-5-12-9(11)13-14/h2-5H,1H3,(H2,11,13). The minimum atomic E-state index is -0.234. The first-order chi connectivity index (χ1) is 6.66. The SMILES string of the molecule is Cc1cc(-n2cnc(N)n2)ccc1F. The fourth-order valence-electron chi connectivity index (χ4n) is 1.17. The minimum Gasteiger partial charge on any atom is -0.366 e. The van der Waals surface area contributed by atoms with Crippen molar-refractivity contribution in [3.8, 4) is 5.69 Å². The number of aromatic nitrogens is 3. The molecule has 2 aromatic rings. The lowest BCUT2D eigenvalue weighted by atomic mass is 10.2. The lowest BCUT2D eigenvalue weighted by molar-refractivity contribution is 0.617. The number of aryl methyl sites for hydroxylation is 1. The molecule has 0 saturated carbocycles. The second kappa shape index (κ2) is 3.10. The van der Waals surface area contributed by atoms with E-state index in [9.17, 15) is 4.39 Å². The van der Waals surface area contributed by atoms with Crippen LogP contribution in [0.4, 0.5) is 10.3 Å². The maximum atomic E-state index is 12.9. The summed E-state index contributed by atoms with van der Waals surface area (Å²) >= 11 is 0. The molecule has 0 radical (unpaired) electrons. The lowest BCUT2D eigenvalue weighted by Gasteiger charge is -2.01. The Hall–Kier alpha value is -1.91. The maximum Gasteiger partial charge on any atom is 0.239 e. The minimum absolute atomic E-state index is 0.201. The molecule has 14 heavy (non-hydrogen) atoms. The zero-order chi connectivity index (χ0) is 10.1. The summed E-state index contributed by atoms with van der Waals surface area (Å²) in [6.07, 6.45) is 1.49. The molecule has 0 bridgehead atoms. The van der Waals surface area contributed by atoms with Crippen molar-refractivity contribution in [3.05, 3.63) is 35.9 Å². The van der Waals surface area contributed by atoms with E-state index in [-0.39, 0.29) is 11.8 Å². The van der Waals surface area contributed by atoms with E-state index in [0.29, 0.717) is 5.56 Å². The van der Waals surface area contributed by atoms with Crippen LogP contribution in [0.3, 0.4) is 0 Å². The van der Waals surface area contributed by atoms with Crippen molar-refractivity contribution in [2.45, 2.75) is 6.92 Å². The number of halogens is 1. The summed E-state index contributed by atoms with van der Waals surface area (Å²) in [7, 11) is 0. The summed E-state index contributed by atoms with van der Waals surface area (Å²) in [6, 6.07) is 4.70. The molecule has 0 aliphatic heterocycles. The molecule has 0 aliphatic carbocycles. The summed E-state index contributed by atoms with van der Waals surface area (Å²) in [5.41, 5.74) is 6.68. The number of anilines is 1. The topological polar surface area (TPSA) is 56.7 Å². The van der Waals surface area contributed by atoms with Gasteiger partial charge in [0.05, 0.1) is 5.69 Å². The van der Waals surface area contributed by atoms with Crippen LogP contribution in [0.5, 0.6) is 0 Å². The van der Waals surface area contributed by atoms with Gasteiger partial charge in [-0.2, -0.15) is 0 Å². The molecule has 1 heterocycles. The van der Waals surface area contributed by atoms with Crippen LogP contribution in [-0.2, 0) is 0 Å². The predicted molar refractivity (Wildman–Crippen MR) is 50.5 cm³/mol. The molecule has 2 N–H and O–H groups in total. The molecule has 0 atom stereocenters. The first-order valence-electron chi connectivity index (χ1n) is 4.10. The largest absolute Gasteiger partial charge is 0.366 e. The Kier molecular flexibility index (Phi) is 1.92. The molecule has 5 heteroatoms. The summed E-state index contributed by atoms with van der Waals surface area (Å²) in [5, 5.41) is 3.91. The Morgan fingerprint density at radius 1 is 1.43 bits per heavy atom. The molecular weight excluding hydrogens is 183 g/mol. The average Bonchev–Trinajstić information content (AvgIpc) is 2.57. The number of rotatable bonds is 1. The fourth-order valence-corrected chi connectivity index (χ4v) is 1.17.